The Morgan fingerprint density at radius 1 is 1.03 bits per heavy atom. The number of Topliss-reactive ketones (excluding diaryl/α,β-unsaturated/α-hetero) is 1. The Labute approximate surface area is 204 Å². The lowest BCUT2D eigenvalue weighted by molar-refractivity contribution is -0.118. The second-order valence-corrected chi connectivity index (χ2v) is 10.8. The highest BCUT2D eigenvalue weighted by molar-refractivity contribution is 6.16. The third-order valence-electron chi connectivity index (χ3n) is 7.95. The number of carbonyl (C=O) groups is 1. The number of hydrogen-bond acceptors (Lipinski definition) is 6. The average molecular weight is 460 g/mol. The van der Waals surface area contributed by atoms with Crippen LogP contribution in [0.3, 0.4) is 0 Å². The van der Waals surface area contributed by atoms with E-state index in [9.17, 15) is 15.3 Å². The van der Waals surface area contributed by atoms with Crippen LogP contribution in [-0.4, -0.2) is 11.6 Å². The molecule has 172 valence electrons. The number of aryl methyl sites for hydroxylation is 1. The summed E-state index contributed by atoms with van der Waals surface area (Å²) in [4.78, 5) is 20.7. The molecule has 6 heteroatoms. The van der Waals surface area contributed by atoms with Gasteiger partial charge in [-0.2, -0.15) is 10.5 Å². The number of amidine groups is 1. The molecule has 6 nitrogen and oxygen atoms in total. The predicted molar refractivity (Wildman–Crippen MR) is 133 cm³/mol. The van der Waals surface area contributed by atoms with Crippen molar-refractivity contribution in [3.63, 3.8) is 0 Å². The van der Waals surface area contributed by atoms with Gasteiger partial charge in [-0.1, -0.05) is 55.8 Å². The van der Waals surface area contributed by atoms with Gasteiger partial charge in [-0.05, 0) is 42.0 Å². The quantitative estimate of drug-likeness (QED) is 0.649. The number of benzene rings is 2. The van der Waals surface area contributed by atoms with Crippen LogP contribution in [-0.2, 0) is 4.79 Å². The molecule has 4 aliphatic rings. The average Bonchev–Trinajstić information content (AvgIpc) is 3.11. The molecule has 35 heavy (non-hydrogen) atoms. The number of aliphatic imine (C=N–C) groups is 1. The van der Waals surface area contributed by atoms with E-state index in [1.54, 1.807) is 0 Å². The minimum Gasteiger partial charge on any atom is -0.383 e. The van der Waals surface area contributed by atoms with E-state index in [-0.39, 0.29) is 17.0 Å². The number of rotatable bonds is 1. The van der Waals surface area contributed by atoms with Crippen LogP contribution >= 0.6 is 0 Å². The van der Waals surface area contributed by atoms with E-state index in [0.717, 1.165) is 28.1 Å². The molecule has 0 unspecified atom stereocenters. The summed E-state index contributed by atoms with van der Waals surface area (Å²) in [6.45, 7) is 6.22. The fourth-order valence-corrected chi connectivity index (χ4v) is 6.60. The van der Waals surface area contributed by atoms with E-state index in [0.29, 0.717) is 29.8 Å². The van der Waals surface area contributed by atoms with Crippen molar-refractivity contribution in [2.24, 2.45) is 21.6 Å². The molecule has 2 heterocycles. The second-order valence-electron chi connectivity index (χ2n) is 10.8. The number of hydrogen-bond donors (Lipinski definition) is 1. The van der Waals surface area contributed by atoms with Gasteiger partial charge in [0.25, 0.3) is 0 Å². The molecule has 0 radical (unpaired) electrons. The van der Waals surface area contributed by atoms with Crippen molar-refractivity contribution >= 4 is 17.3 Å². The summed E-state index contributed by atoms with van der Waals surface area (Å²) in [5.74, 6) is -0.379. The van der Waals surface area contributed by atoms with Crippen LogP contribution in [0, 0.1) is 40.4 Å². The molecule has 6 rings (SSSR count). The first-order valence-corrected chi connectivity index (χ1v) is 11.9. The maximum atomic E-state index is 13.9. The number of fused-ring (bicyclic) bond motifs is 4. The zero-order chi connectivity index (χ0) is 24.7. The molecular formula is C29H25N5O. The summed E-state index contributed by atoms with van der Waals surface area (Å²) in [5, 5.41) is 21.1. The van der Waals surface area contributed by atoms with Crippen molar-refractivity contribution < 1.29 is 4.79 Å². The minimum atomic E-state index is -1.24. The summed E-state index contributed by atoms with van der Waals surface area (Å²) in [6.07, 6.45) is 1.08. The number of ketones is 1. The highest BCUT2D eigenvalue weighted by Gasteiger charge is 2.67. The Morgan fingerprint density at radius 3 is 2.31 bits per heavy atom. The molecule has 0 aromatic heterocycles. The molecule has 2 N–H and O–H groups in total. The molecule has 0 spiro atoms. The fraction of sp³-hybridized carbons (Fsp3) is 0.310. The summed E-state index contributed by atoms with van der Waals surface area (Å²) < 4.78 is 0. The predicted octanol–water partition coefficient (Wildman–Crippen LogP) is 4.96. The lowest BCUT2D eigenvalue weighted by Gasteiger charge is -2.51. The Kier molecular flexibility index (Phi) is 4.23. The first kappa shape index (κ1) is 21.4. The van der Waals surface area contributed by atoms with E-state index in [4.69, 9.17) is 10.7 Å². The van der Waals surface area contributed by atoms with E-state index in [1.165, 1.54) is 0 Å². The molecular weight excluding hydrogens is 434 g/mol. The molecule has 3 atom stereocenters. The highest BCUT2D eigenvalue weighted by atomic mass is 16.1. The lowest BCUT2D eigenvalue weighted by Crippen LogP contribution is -2.56. The standard InChI is InChI=1S/C29H25N5O/c1-16-8-10-17(11-9-16)34-21-12-28(2,3)13-22(35)23(21)25-19-7-5-4-6-18(19)24-20(14-30)26(32)33-27(34)29(24,25)15-31/h4-11,24-25H,12-13,32H2,1-3H3/t24-,25+,29+/m1/s1. The minimum absolute atomic E-state index is 0.0588. The molecule has 0 bridgehead atoms. The molecule has 2 aliphatic carbocycles. The topological polar surface area (TPSA) is 106 Å². The first-order valence-electron chi connectivity index (χ1n) is 11.9. The van der Waals surface area contributed by atoms with Gasteiger partial charge in [0.1, 0.15) is 17.1 Å². The number of nitriles is 2. The Balaban J connectivity index is 1.77. The van der Waals surface area contributed by atoms with Crippen LogP contribution in [0.15, 0.2) is 76.2 Å². The van der Waals surface area contributed by atoms with Crippen LogP contribution in [0.5, 0.6) is 0 Å². The van der Waals surface area contributed by atoms with Crippen molar-refractivity contribution in [1.82, 2.24) is 0 Å². The van der Waals surface area contributed by atoms with Gasteiger partial charge < -0.3 is 10.6 Å². The van der Waals surface area contributed by atoms with Crippen LogP contribution in [0.2, 0.25) is 0 Å². The summed E-state index contributed by atoms with van der Waals surface area (Å²) in [7, 11) is 0. The maximum absolute atomic E-state index is 13.9. The second kappa shape index (κ2) is 6.93. The van der Waals surface area contributed by atoms with Crippen LogP contribution in [0.25, 0.3) is 0 Å². The van der Waals surface area contributed by atoms with Gasteiger partial charge in [-0.15, -0.1) is 0 Å². The zero-order valence-electron chi connectivity index (χ0n) is 20.0. The van der Waals surface area contributed by atoms with Crippen LogP contribution in [0.4, 0.5) is 5.69 Å². The monoisotopic (exact) mass is 459 g/mol. The van der Waals surface area contributed by atoms with Crippen molar-refractivity contribution in [2.75, 3.05) is 4.90 Å². The van der Waals surface area contributed by atoms with Crippen molar-refractivity contribution in [1.29, 1.82) is 10.5 Å². The number of allylic oxidation sites excluding steroid dienone is 3. The van der Waals surface area contributed by atoms with E-state index < -0.39 is 17.3 Å². The van der Waals surface area contributed by atoms with Crippen LogP contribution in [0.1, 0.15) is 55.2 Å². The molecule has 0 amide bonds. The van der Waals surface area contributed by atoms with Crippen molar-refractivity contribution in [3.8, 4) is 12.1 Å². The van der Waals surface area contributed by atoms with Gasteiger partial charge in [-0.25, -0.2) is 4.99 Å². The summed E-state index contributed by atoms with van der Waals surface area (Å²) >= 11 is 0. The third-order valence-corrected chi connectivity index (χ3v) is 7.95. The van der Waals surface area contributed by atoms with E-state index >= 15 is 0 Å². The smallest absolute Gasteiger partial charge is 0.161 e. The molecule has 0 saturated heterocycles. The summed E-state index contributed by atoms with van der Waals surface area (Å²) in [6, 6.07) is 20.7. The Hall–Kier alpha value is -4.16. The largest absolute Gasteiger partial charge is 0.383 e. The highest BCUT2D eigenvalue weighted by Crippen LogP contribution is 2.67. The molecule has 0 saturated carbocycles. The summed E-state index contributed by atoms with van der Waals surface area (Å²) in [5.41, 5.74) is 10.5. The maximum Gasteiger partial charge on any atom is 0.161 e. The first-order chi connectivity index (χ1) is 16.7. The Bertz CT molecular complexity index is 1490. The van der Waals surface area contributed by atoms with E-state index in [1.807, 2.05) is 60.4 Å². The zero-order valence-corrected chi connectivity index (χ0v) is 20.0. The Morgan fingerprint density at radius 2 is 1.69 bits per heavy atom. The third kappa shape index (κ3) is 2.63. The lowest BCUT2D eigenvalue weighted by atomic mass is 9.58. The number of carbonyl (C=O) groups excluding carboxylic acids is 1. The van der Waals surface area contributed by atoms with Gasteiger partial charge >= 0.3 is 0 Å². The van der Waals surface area contributed by atoms with Gasteiger partial charge in [0, 0.05) is 35.2 Å². The van der Waals surface area contributed by atoms with Crippen LogP contribution < -0.4 is 10.6 Å². The number of nitrogens with zero attached hydrogens (tertiary/aromatic N) is 4. The van der Waals surface area contributed by atoms with Gasteiger partial charge in [0.15, 0.2) is 5.78 Å². The number of nitrogens with two attached hydrogens (primary N) is 1. The van der Waals surface area contributed by atoms with Crippen molar-refractivity contribution in [2.45, 2.75) is 45.4 Å². The molecule has 0 fully saturated rings. The molecule has 2 aromatic rings. The van der Waals surface area contributed by atoms with Crippen molar-refractivity contribution in [3.05, 3.63) is 87.9 Å². The fourth-order valence-electron chi connectivity index (χ4n) is 6.60. The number of anilines is 1. The van der Waals surface area contributed by atoms with Gasteiger partial charge in [0.05, 0.1) is 17.7 Å². The SMILES string of the molecule is Cc1ccc(N2C3=NC(N)=C(C#N)[C@H]4c5ccccc5[C@@H](C5=C2CC(C)(C)CC5=O)[C@@]34C#N)cc1. The van der Waals surface area contributed by atoms with E-state index in [2.05, 4.69) is 26.0 Å². The normalized spacial score (nSPS) is 28.0. The molecule has 2 aliphatic heterocycles. The molecule has 2 aromatic carbocycles. The van der Waals surface area contributed by atoms with Gasteiger partial charge in [-0.3, -0.25) is 4.79 Å². The van der Waals surface area contributed by atoms with Gasteiger partial charge in [0.2, 0.25) is 0 Å².